The molecule has 0 amide bonds. The van der Waals surface area contributed by atoms with E-state index in [2.05, 4.69) is 34.5 Å². The van der Waals surface area contributed by atoms with Gasteiger partial charge in [0.15, 0.2) is 0 Å². The standard InChI is InChI=1S/C17H26N2O/c1-18-12-15-10-17(11-15)20-16-6-4-14(5-7-16)13-19-8-2-3-9-19/h4-7,15,17-18H,2-3,8-13H2,1H3. The summed E-state index contributed by atoms with van der Waals surface area (Å²) in [5.41, 5.74) is 1.40. The molecule has 0 spiro atoms. The minimum Gasteiger partial charge on any atom is -0.490 e. The van der Waals surface area contributed by atoms with E-state index in [0.29, 0.717) is 6.10 Å². The van der Waals surface area contributed by atoms with E-state index in [9.17, 15) is 0 Å². The van der Waals surface area contributed by atoms with Gasteiger partial charge in [-0.25, -0.2) is 0 Å². The first kappa shape index (κ1) is 13.9. The molecular formula is C17H26N2O. The molecule has 1 aromatic carbocycles. The summed E-state index contributed by atoms with van der Waals surface area (Å²) in [6.45, 7) is 4.73. The molecule has 1 N–H and O–H groups in total. The summed E-state index contributed by atoms with van der Waals surface area (Å²) >= 11 is 0. The van der Waals surface area contributed by atoms with Gasteiger partial charge in [0.05, 0.1) is 6.10 Å². The SMILES string of the molecule is CNCC1CC(Oc2ccc(CN3CCCC3)cc2)C1. The first-order valence-electron chi connectivity index (χ1n) is 7.96. The van der Waals surface area contributed by atoms with Gasteiger partial charge >= 0.3 is 0 Å². The van der Waals surface area contributed by atoms with Gasteiger partial charge < -0.3 is 10.1 Å². The van der Waals surface area contributed by atoms with Crippen LogP contribution in [-0.2, 0) is 6.54 Å². The molecular weight excluding hydrogens is 248 g/mol. The summed E-state index contributed by atoms with van der Waals surface area (Å²) in [4.78, 5) is 2.53. The lowest BCUT2D eigenvalue weighted by Gasteiger charge is -2.35. The number of hydrogen-bond acceptors (Lipinski definition) is 3. The second kappa shape index (κ2) is 6.59. The molecule has 1 aliphatic carbocycles. The molecule has 3 heteroatoms. The van der Waals surface area contributed by atoms with Crippen LogP contribution in [0.3, 0.4) is 0 Å². The maximum absolute atomic E-state index is 6.01. The van der Waals surface area contributed by atoms with Gasteiger partial charge in [-0.3, -0.25) is 4.90 Å². The van der Waals surface area contributed by atoms with Crippen molar-refractivity contribution in [1.29, 1.82) is 0 Å². The van der Waals surface area contributed by atoms with Gasteiger partial charge in [0.2, 0.25) is 0 Å². The van der Waals surface area contributed by atoms with E-state index in [4.69, 9.17) is 4.74 Å². The number of ether oxygens (including phenoxy) is 1. The van der Waals surface area contributed by atoms with E-state index in [0.717, 1.165) is 24.8 Å². The van der Waals surface area contributed by atoms with Gasteiger partial charge in [-0.05, 0) is 76.0 Å². The van der Waals surface area contributed by atoms with Crippen molar-refractivity contribution in [2.75, 3.05) is 26.7 Å². The number of hydrogen-bond donors (Lipinski definition) is 1. The predicted molar refractivity (Wildman–Crippen MR) is 82.0 cm³/mol. The van der Waals surface area contributed by atoms with E-state index in [1.807, 2.05) is 7.05 Å². The number of likely N-dealkylation sites (tertiary alicyclic amines) is 1. The molecule has 20 heavy (non-hydrogen) atoms. The second-order valence-electron chi connectivity index (χ2n) is 6.26. The molecule has 0 unspecified atom stereocenters. The number of nitrogens with zero attached hydrogens (tertiary/aromatic N) is 1. The summed E-state index contributed by atoms with van der Waals surface area (Å²) in [6, 6.07) is 8.71. The summed E-state index contributed by atoms with van der Waals surface area (Å²) in [5, 5.41) is 3.24. The van der Waals surface area contributed by atoms with E-state index < -0.39 is 0 Å². The highest BCUT2D eigenvalue weighted by atomic mass is 16.5. The minimum absolute atomic E-state index is 0.429. The smallest absolute Gasteiger partial charge is 0.119 e. The Kier molecular flexibility index (Phi) is 4.58. The Morgan fingerprint density at radius 1 is 1.15 bits per heavy atom. The third-order valence-corrected chi connectivity index (χ3v) is 4.52. The van der Waals surface area contributed by atoms with Crippen LogP contribution in [0.5, 0.6) is 5.75 Å². The molecule has 1 aromatic rings. The Morgan fingerprint density at radius 3 is 2.50 bits per heavy atom. The van der Waals surface area contributed by atoms with Crippen LogP contribution in [0.15, 0.2) is 24.3 Å². The molecule has 1 saturated heterocycles. The van der Waals surface area contributed by atoms with Crippen LogP contribution >= 0.6 is 0 Å². The molecule has 1 aliphatic heterocycles. The Hall–Kier alpha value is -1.06. The van der Waals surface area contributed by atoms with E-state index >= 15 is 0 Å². The van der Waals surface area contributed by atoms with Crippen molar-refractivity contribution in [1.82, 2.24) is 10.2 Å². The Balaban J connectivity index is 1.44. The number of rotatable bonds is 6. The third-order valence-electron chi connectivity index (χ3n) is 4.52. The second-order valence-corrected chi connectivity index (χ2v) is 6.26. The topological polar surface area (TPSA) is 24.5 Å². The molecule has 0 aromatic heterocycles. The lowest BCUT2D eigenvalue weighted by Crippen LogP contribution is -2.38. The first-order chi connectivity index (χ1) is 9.83. The fraction of sp³-hybridized carbons (Fsp3) is 0.647. The molecule has 110 valence electrons. The quantitative estimate of drug-likeness (QED) is 0.863. The monoisotopic (exact) mass is 274 g/mol. The van der Waals surface area contributed by atoms with Crippen molar-refractivity contribution in [3.63, 3.8) is 0 Å². The third kappa shape index (κ3) is 3.53. The zero-order valence-corrected chi connectivity index (χ0v) is 12.5. The van der Waals surface area contributed by atoms with Crippen molar-refractivity contribution >= 4 is 0 Å². The Labute approximate surface area is 122 Å². The molecule has 2 aliphatic rings. The van der Waals surface area contributed by atoms with Crippen LogP contribution in [0.2, 0.25) is 0 Å². The molecule has 1 saturated carbocycles. The maximum atomic E-state index is 6.01. The largest absolute Gasteiger partial charge is 0.490 e. The van der Waals surface area contributed by atoms with Gasteiger partial charge in [-0.1, -0.05) is 12.1 Å². The average molecular weight is 274 g/mol. The summed E-state index contributed by atoms with van der Waals surface area (Å²) < 4.78 is 6.01. The Morgan fingerprint density at radius 2 is 1.85 bits per heavy atom. The fourth-order valence-corrected chi connectivity index (χ4v) is 3.29. The summed E-state index contributed by atoms with van der Waals surface area (Å²) in [7, 11) is 2.02. The van der Waals surface area contributed by atoms with Crippen molar-refractivity contribution < 1.29 is 4.74 Å². The van der Waals surface area contributed by atoms with Gasteiger partial charge in [0.1, 0.15) is 5.75 Å². The highest BCUT2D eigenvalue weighted by molar-refractivity contribution is 5.27. The lowest BCUT2D eigenvalue weighted by atomic mass is 9.82. The zero-order chi connectivity index (χ0) is 13.8. The normalized spacial score (nSPS) is 26.4. The molecule has 0 radical (unpaired) electrons. The van der Waals surface area contributed by atoms with Gasteiger partial charge in [0, 0.05) is 6.54 Å². The van der Waals surface area contributed by atoms with Gasteiger partial charge in [-0.15, -0.1) is 0 Å². The molecule has 1 heterocycles. The molecule has 2 fully saturated rings. The minimum atomic E-state index is 0.429. The summed E-state index contributed by atoms with van der Waals surface area (Å²) in [6.07, 6.45) is 5.53. The first-order valence-corrected chi connectivity index (χ1v) is 7.96. The summed E-state index contributed by atoms with van der Waals surface area (Å²) in [5.74, 6) is 1.84. The van der Waals surface area contributed by atoms with Crippen molar-refractivity contribution in [2.45, 2.75) is 38.3 Å². The highest BCUT2D eigenvalue weighted by Crippen LogP contribution is 2.31. The van der Waals surface area contributed by atoms with Crippen LogP contribution in [0.25, 0.3) is 0 Å². The molecule has 0 atom stereocenters. The zero-order valence-electron chi connectivity index (χ0n) is 12.5. The van der Waals surface area contributed by atoms with Crippen molar-refractivity contribution in [3.8, 4) is 5.75 Å². The molecule has 3 nitrogen and oxygen atoms in total. The van der Waals surface area contributed by atoms with Crippen LogP contribution in [-0.4, -0.2) is 37.7 Å². The van der Waals surface area contributed by atoms with E-state index in [1.54, 1.807) is 0 Å². The van der Waals surface area contributed by atoms with Crippen molar-refractivity contribution in [2.24, 2.45) is 5.92 Å². The average Bonchev–Trinajstić information content (AvgIpc) is 2.91. The van der Waals surface area contributed by atoms with E-state index in [1.165, 1.54) is 44.3 Å². The fourth-order valence-electron chi connectivity index (χ4n) is 3.29. The van der Waals surface area contributed by atoms with Crippen LogP contribution < -0.4 is 10.1 Å². The number of benzene rings is 1. The number of nitrogens with one attached hydrogen (secondary N) is 1. The maximum Gasteiger partial charge on any atom is 0.119 e. The lowest BCUT2D eigenvalue weighted by molar-refractivity contribution is 0.0657. The van der Waals surface area contributed by atoms with Crippen LogP contribution in [0.1, 0.15) is 31.2 Å². The molecule has 3 rings (SSSR count). The van der Waals surface area contributed by atoms with E-state index in [-0.39, 0.29) is 0 Å². The van der Waals surface area contributed by atoms with Gasteiger partial charge in [0.25, 0.3) is 0 Å². The van der Waals surface area contributed by atoms with Crippen molar-refractivity contribution in [3.05, 3.63) is 29.8 Å². The highest BCUT2D eigenvalue weighted by Gasteiger charge is 2.30. The predicted octanol–water partition coefficient (Wildman–Crippen LogP) is 2.66. The molecule has 0 bridgehead atoms. The van der Waals surface area contributed by atoms with Gasteiger partial charge in [-0.2, -0.15) is 0 Å². The van der Waals surface area contributed by atoms with Crippen LogP contribution in [0.4, 0.5) is 0 Å². The van der Waals surface area contributed by atoms with Crippen LogP contribution in [0, 0.1) is 5.92 Å². The Bertz CT molecular complexity index is 406.